The van der Waals surface area contributed by atoms with Gasteiger partial charge in [0.15, 0.2) is 0 Å². The summed E-state index contributed by atoms with van der Waals surface area (Å²) in [6.45, 7) is 5.51. The average molecular weight is 625 g/mol. The quantitative estimate of drug-likeness (QED) is 0.226. The van der Waals surface area contributed by atoms with E-state index in [9.17, 15) is 10.2 Å². The van der Waals surface area contributed by atoms with Crippen molar-refractivity contribution < 1.29 is 28.5 Å². The molecule has 2 aromatic rings. The first kappa shape index (κ1) is 32.4. The molecule has 8 atom stereocenters. The predicted octanol–water partition coefficient (Wildman–Crippen LogP) is 6.31. The van der Waals surface area contributed by atoms with E-state index in [4.69, 9.17) is 9.47 Å². The van der Waals surface area contributed by atoms with E-state index in [2.05, 4.69) is 11.5 Å². The first-order valence-corrected chi connectivity index (χ1v) is 16.6. The van der Waals surface area contributed by atoms with E-state index in [1.807, 2.05) is 32.1 Å². The fourth-order valence-corrected chi connectivity index (χ4v) is 9.80. The van der Waals surface area contributed by atoms with Gasteiger partial charge in [0.25, 0.3) is 0 Å². The van der Waals surface area contributed by atoms with E-state index < -0.39 is 22.8 Å². The summed E-state index contributed by atoms with van der Waals surface area (Å²) in [5.74, 6) is 0.766. The minimum absolute atomic E-state index is 0.185. The molecule has 8 heteroatoms. The van der Waals surface area contributed by atoms with Crippen molar-refractivity contribution in [3.63, 3.8) is 0 Å². The van der Waals surface area contributed by atoms with Crippen LogP contribution in [0, 0.1) is 46.6 Å². The number of hydrogen-bond acceptors (Lipinski definition) is 6. The van der Waals surface area contributed by atoms with Crippen molar-refractivity contribution >= 4 is 0 Å². The standard InChI is InChI=1S/C37H50F2N2O4/c1-6-35-14-13-25(18-35)20-37(43,34(35)22-40(2)3)30-17-28(10-12-33(30)39)45-23-41(4)21-31-26-8-7-24(15-26)19-36(31,42)29-16-27(44-5)9-11-32(29)38/h6,9-12,16-17,24-26,31,34,42-43H,1,7-8,13-15,18-23H2,2-5H3. The summed E-state index contributed by atoms with van der Waals surface area (Å²) in [4.78, 5) is 4.08. The highest BCUT2D eigenvalue weighted by molar-refractivity contribution is 5.37. The number of hydrogen-bond donors (Lipinski definition) is 2. The molecule has 2 N–H and O–H groups in total. The molecular weight excluding hydrogens is 574 g/mol. The van der Waals surface area contributed by atoms with E-state index >= 15 is 8.78 Å². The molecule has 2 aromatic carbocycles. The number of nitrogens with zero attached hydrogens (tertiary/aromatic N) is 2. The minimum atomic E-state index is -1.34. The Bertz CT molecular complexity index is 1400. The zero-order valence-electron chi connectivity index (χ0n) is 27.3. The first-order valence-electron chi connectivity index (χ1n) is 16.6. The second kappa shape index (κ2) is 12.3. The molecular formula is C37H50F2N2O4. The van der Waals surface area contributed by atoms with Crippen molar-refractivity contribution in [1.82, 2.24) is 9.80 Å². The number of ether oxygens (including phenoxy) is 2. The summed E-state index contributed by atoms with van der Waals surface area (Å²) in [5.41, 5.74) is -2.29. The number of methoxy groups -OCH3 is 1. The highest BCUT2D eigenvalue weighted by atomic mass is 19.1. The molecule has 6 nitrogen and oxygen atoms in total. The Morgan fingerprint density at radius 1 is 0.889 bits per heavy atom. The number of benzene rings is 2. The van der Waals surface area contributed by atoms with Crippen LogP contribution in [0.1, 0.15) is 62.5 Å². The summed E-state index contributed by atoms with van der Waals surface area (Å²) < 4.78 is 42.4. The molecule has 4 saturated carbocycles. The average Bonchev–Trinajstić information content (AvgIpc) is 3.59. The smallest absolute Gasteiger partial charge is 0.141 e. The van der Waals surface area contributed by atoms with Gasteiger partial charge in [-0.3, -0.25) is 4.90 Å². The molecule has 4 bridgehead atoms. The zero-order chi connectivity index (χ0) is 32.1. The molecule has 0 amide bonds. The summed E-state index contributed by atoms with van der Waals surface area (Å²) in [6.07, 6.45) is 9.09. The Morgan fingerprint density at radius 2 is 1.56 bits per heavy atom. The van der Waals surface area contributed by atoms with Gasteiger partial charge in [-0.25, -0.2) is 8.78 Å². The number of allylic oxidation sites excluding steroid dienone is 1. The maximum absolute atomic E-state index is 15.6. The van der Waals surface area contributed by atoms with E-state index in [0.717, 1.165) is 38.5 Å². The van der Waals surface area contributed by atoms with E-state index in [0.29, 0.717) is 60.4 Å². The van der Waals surface area contributed by atoms with Gasteiger partial charge in [-0.2, -0.15) is 0 Å². The largest absolute Gasteiger partial charge is 0.497 e. The molecule has 0 spiro atoms. The van der Waals surface area contributed by atoms with Crippen molar-refractivity contribution in [2.45, 2.75) is 62.6 Å². The Morgan fingerprint density at radius 3 is 2.24 bits per heavy atom. The molecule has 4 aliphatic carbocycles. The van der Waals surface area contributed by atoms with Crippen LogP contribution in [0.2, 0.25) is 0 Å². The van der Waals surface area contributed by atoms with Gasteiger partial charge in [-0.15, -0.1) is 6.58 Å². The zero-order valence-corrected chi connectivity index (χ0v) is 27.3. The lowest BCUT2D eigenvalue weighted by Crippen LogP contribution is -2.52. The lowest BCUT2D eigenvalue weighted by molar-refractivity contribution is -0.112. The summed E-state index contributed by atoms with van der Waals surface area (Å²) in [6, 6.07) is 9.30. The van der Waals surface area contributed by atoms with Crippen molar-refractivity contribution in [3.8, 4) is 11.5 Å². The second-order valence-corrected chi connectivity index (χ2v) is 15.0. The molecule has 6 rings (SSSR count). The molecule has 4 aliphatic rings. The Balaban J connectivity index is 1.22. The molecule has 4 fully saturated rings. The predicted molar refractivity (Wildman–Crippen MR) is 171 cm³/mol. The van der Waals surface area contributed by atoms with Gasteiger partial charge in [-0.1, -0.05) is 12.5 Å². The van der Waals surface area contributed by atoms with Gasteiger partial charge < -0.3 is 24.6 Å². The molecule has 0 saturated heterocycles. The minimum Gasteiger partial charge on any atom is -0.497 e. The fraction of sp³-hybridized carbons (Fsp3) is 0.622. The van der Waals surface area contributed by atoms with Gasteiger partial charge in [0.2, 0.25) is 0 Å². The van der Waals surface area contributed by atoms with Gasteiger partial charge in [-0.05, 0) is 126 Å². The first-order chi connectivity index (χ1) is 21.4. The van der Waals surface area contributed by atoms with Crippen LogP contribution in [0.4, 0.5) is 8.78 Å². The maximum Gasteiger partial charge on any atom is 0.141 e. The topological polar surface area (TPSA) is 65.4 Å². The second-order valence-electron chi connectivity index (χ2n) is 15.0. The molecule has 45 heavy (non-hydrogen) atoms. The SMILES string of the molecule is C=CC12CCC(C1)CC(O)(c1cc(OCN(C)CC3C4CCC(C4)CC3(O)c3cc(OC)ccc3F)ccc1F)C2CN(C)C. The van der Waals surface area contributed by atoms with Crippen LogP contribution in [0.3, 0.4) is 0 Å². The summed E-state index contributed by atoms with van der Waals surface area (Å²) in [5, 5.41) is 24.6. The molecule has 246 valence electrons. The van der Waals surface area contributed by atoms with E-state index in [1.54, 1.807) is 31.4 Å². The summed E-state index contributed by atoms with van der Waals surface area (Å²) >= 11 is 0. The van der Waals surface area contributed by atoms with Crippen LogP contribution in [-0.4, -0.2) is 68.1 Å². The van der Waals surface area contributed by atoms with Crippen molar-refractivity contribution in [2.24, 2.45) is 35.0 Å². The van der Waals surface area contributed by atoms with Gasteiger partial charge >= 0.3 is 0 Å². The van der Waals surface area contributed by atoms with Crippen molar-refractivity contribution in [1.29, 1.82) is 0 Å². The molecule has 8 unspecified atom stereocenters. The number of aliphatic hydroxyl groups is 2. The normalized spacial score (nSPS) is 35.6. The van der Waals surface area contributed by atoms with E-state index in [1.165, 1.54) is 12.1 Å². The van der Waals surface area contributed by atoms with Crippen LogP contribution in [0.25, 0.3) is 0 Å². The summed E-state index contributed by atoms with van der Waals surface area (Å²) in [7, 11) is 7.46. The van der Waals surface area contributed by atoms with Crippen molar-refractivity contribution in [2.75, 3.05) is 48.1 Å². The van der Waals surface area contributed by atoms with Gasteiger partial charge in [0.1, 0.15) is 29.9 Å². The molecule has 0 aliphatic heterocycles. The lowest BCUT2D eigenvalue weighted by Gasteiger charge is -2.51. The molecule has 0 aromatic heterocycles. The Hall–Kier alpha value is -2.52. The third-order valence-corrected chi connectivity index (χ3v) is 11.9. The van der Waals surface area contributed by atoms with E-state index in [-0.39, 0.29) is 29.9 Å². The lowest BCUT2D eigenvalue weighted by atomic mass is 9.58. The highest BCUT2D eigenvalue weighted by Gasteiger charge is 2.59. The Kier molecular flexibility index (Phi) is 8.83. The van der Waals surface area contributed by atoms with Crippen LogP contribution in [-0.2, 0) is 11.2 Å². The third-order valence-electron chi connectivity index (χ3n) is 11.9. The maximum atomic E-state index is 15.6. The number of halogens is 2. The fourth-order valence-electron chi connectivity index (χ4n) is 9.80. The van der Waals surface area contributed by atoms with Crippen LogP contribution in [0.5, 0.6) is 11.5 Å². The highest BCUT2D eigenvalue weighted by Crippen LogP contribution is 2.62. The Labute approximate surface area is 267 Å². The van der Waals surface area contributed by atoms with Gasteiger partial charge in [0, 0.05) is 36.1 Å². The monoisotopic (exact) mass is 624 g/mol. The molecule has 0 radical (unpaired) electrons. The number of fused-ring (bicyclic) bond motifs is 4. The van der Waals surface area contributed by atoms with Crippen LogP contribution >= 0.6 is 0 Å². The van der Waals surface area contributed by atoms with Crippen molar-refractivity contribution in [3.05, 3.63) is 71.8 Å². The third kappa shape index (κ3) is 5.81. The molecule has 0 heterocycles. The van der Waals surface area contributed by atoms with Crippen LogP contribution in [0.15, 0.2) is 49.1 Å². The van der Waals surface area contributed by atoms with Gasteiger partial charge in [0.05, 0.1) is 18.3 Å². The van der Waals surface area contributed by atoms with Crippen LogP contribution < -0.4 is 9.47 Å². The number of rotatable bonds is 11.